The molecule has 2 heteroatoms. The largest absolute Gasteiger partial charge is 0.313 e. The van der Waals surface area contributed by atoms with Gasteiger partial charge in [-0.15, -0.1) is 0 Å². The van der Waals surface area contributed by atoms with E-state index in [9.17, 15) is 0 Å². The summed E-state index contributed by atoms with van der Waals surface area (Å²) in [6.45, 7) is 6.80. The Morgan fingerprint density at radius 2 is 2.00 bits per heavy atom. The average Bonchev–Trinajstić information content (AvgIpc) is 2.98. The Labute approximate surface area is 129 Å². The maximum absolute atomic E-state index is 3.51. The number of hydrogen-bond acceptors (Lipinski definition) is 2. The zero-order valence-electron chi connectivity index (χ0n) is 13.5. The van der Waals surface area contributed by atoms with Gasteiger partial charge >= 0.3 is 0 Å². The summed E-state index contributed by atoms with van der Waals surface area (Å²) in [7, 11) is 0. The molecular weight excluding hydrogens is 256 g/mol. The van der Waals surface area contributed by atoms with Crippen molar-refractivity contribution in [2.45, 2.75) is 64.6 Å². The van der Waals surface area contributed by atoms with Crippen LogP contribution in [0.2, 0.25) is 0 Å². The first-order valence-electron chi connectivity index (χ1n) is 8.89. The number of rotatable bonds is 6. The van der Waals surface area contributed by atoms with Crippen molar-refractivity contribution in [3.63, 3.8) is 0 Å². The van der Waals surface area contributed by atoms with Crippen LogP contribution in [-0.2, 0) is 13.1 Å². The molecule has 2 aliphatic rings. The third-order valence-electron chi connectivity index (χ3n) is 5.24. The van der Waals surface area contributed by atoms with Crippen LogP contribution in [0.25, 0.3) is 0 Å². The molecule has 1 aliphatic carbocycles. The maximum Gasteiger partial charge on any atom is 0.0236 e. The van der Waals surface area contributed by atoms with Crippen LogP contribution in [0.1, 0.15) is 56.6 Å². The molecule has 2 nitrogen and oxygen atoms in total. The number of piperidine rings is 1. The predicted molar refractivity (Wildman–Crippen MR) is 89.2 cm³/mol. The molecule has 0 bridgehead atoms. The summed E-state index contributed by atoms with van der Waals surface area (Å²) in [6.07, 6.45) is 8.44. The van der Waals surface area contributed by atoms with Crippen LogP contribution in [0.15, 0.2) is 24.3 Å². The second kappa shape index (κ2) is 7.42. The van der Waals surface area contributed by atoms with Crippen molar-refractivity contribution < 1.29 is 0 Å². The van der Waals surface area contributed by atoms with Gasteiger partial charge in [0, 0.05) is 19.1 Å². The predicted octanol–water partition coefficient (Wildman–Crippen LogP) is 3.95. The lowest BCUT2D eigenvalue weighted by molar-refractivity contribution is 0.106. The molecule has 2 unspecified atom stereocenters. The Hall–Kier alpha value is -0.860. The van der Waals surface area contributed by atoms with E-state index in [2.05, 4.69) is 41.4 Å². The highest BCUT2D eigenvalue weighted by atomic mass is 15.2. The fraction of sp³-hybridized carbons (Fsp3) is 0.684. The minimum atomic E-state index is 0.876. The quantitative estimate of drug-likeness (QED) is 0.797. The molecule has 0 radical (unpaired) electrons. The van der Waals surface area contributed by atoms with Crippen molar-refractivity contribution in [2.24, 2.45) is 5.92 Å². The van der Waals surface area contributed by atoms with Crippen LogP contribution in [0.3, 0.4) is 0 Å². The summed E-state index contributed by atoms with van der Waals surface area (Å²) < 4.78 is 0. The van der Waals surface area contributed by atoms with Crippen molar-refractivity contribution in [3.8, 4) is 0 Å². The Morgan fingerprint density at radius 3 is 2.90 bits per heavy atom. The molecule has 21 heavy (non-hydrogen) atoms. The van der Waals surface area contributed by atoms with E-state index in [0.29, 0.717) is 0 Å². The summed E-state index contributed by atoms with van der Waals surface area (Å²) in [5.74, 6) is 0.994. The first kappa shape index (κ1) is 15.1. The van der Waals surface area contributed by atoms with Gasteiger partial charge in [-0.05, 0) is 62.2 Å². The zero-order valence-corrected chi connectivity index (χ0v) is 13.5. The van der Waals surface area contributed by atoms with E-state index < -0.39 is 0 Å². The van der Waals surface area contributed by atoms with E-state index >= 15 is 0 Å². The van der Waals surface area contributed by atoms with E-state index in [1.54, 1.807) is 0 Å². The fourth-order valence-corrected chi connectivity index (χ4v) is 4.24. The van der Waals surface area contributed by atoms with Gasteiger partial charge in [-0.25, -0.2) is 0 Å². The second-order valence-electron chi connectivity index (χ2n) is 6.87. The highest BCUT2D eigenvalue weighted by Gasteiger charge is 2.34. The lowest BCUT2D eigenvalue weighted by Gasteiger charge is -2.37. The topological polar surface area (TPSA) is 15.3 Å². The van der Waals surface area contributed by atoms with E-state index in [1.807, 2.05) is 0 Å². The molecule has 116 valence electrons. The molecule has 1 heterocycles. The minimum Gasteiger partial charge on any atom is -0.313 e. The Morgan fingerprint density at radius 1 is 1.14 bits per heavy atom. The molecule has 1 aromatic rings. The zero-order chi connectivity index (χ0) is 14.5. The van der Waals surface area contributed by atoms with Gasteiger partial charge in [-0.2, -0.15) is 0 Å². The van der Waals surface area contributed by atoms with Crippen molar-refractivity contribution in [1.82, 2.24) is 10.2 Å². The molecule has 1 aromatic carbocycles. The van der Waals surface area contributed by atoms with Crippen molar-refractivity contribution in [1.29, 1.82) is 0 Å². The van der Waals surface area contributed by atoms with E-state index in [-0.39, 0.29) is 0 Å². The monoisotopic (exact) mass is 286 g/mol. The molecule has 0 spiro atoms. The molecule has 2 fully saturated rings. The molecule has 1 N–H and O–H groups in total. The molecule has 3 rings (SSSR count). The summed E-state index contributed by atoms with van der Waals surface area (Å²) in [4.78, 5) is 2.76. The van der Waals surface area contributed by atoms with Gasteiger partial charge < -0.3 is 5.32 Å². The molecule has 0 aromatic heterocycles. The molecule has 2 atom stereocenters. The number of nitrogens with one attached hydrogen (secondary N) is 1. The number of hydrogen-bond donors (Lipinski definition) is 1. The third kappa shape index (κ3) is 3.87. The van der Waals surface area contributed by atoms with Crippen molar-refractivity contribution in [3.05, 3.63) is 35.4 Å². The summed E-state index contributed by atoms with van der Waals surface area (Å²) >= 11 is 0. The first-order valence-corrected chi connectivity index (χ1v) is 8.89. The van der Waals surface area contributed by atoms with Crippen LogP contribution < -0.4 is 5.32 Å². The molecule has 0 amide bonds. The standard InChI is InChI=1S/C19H30N2/c1-2-11-20-14-16-6-3-7-17(13-16)15-21-12-5-9-18-8-4-10-19(18)21/h3,6-7,13,18-20H,2,4-5,8-12,14-15H2,1H3. The molecular formula is C19H30N2. The number of benzene rings is 1. The van der Waals surface area contributed by atoms with Crippen molar-refractivity contribution in [2.75, 3.05) is 13.1 Å². The minimum absolute atomic E-state index is 0.876. The lowest BCUT2D eigenvalue weighted by Crippen LogP contribution is -2.41. The summed E-state index contributed by atoms with van der Waals surface area (Å²) in [5, 5.41) is 3.51. The number of fused-ring (bicyclic) bond motifs is 1. The Bertz CT molecular complexity index is 443. The van der Waals surface area contributed by atoms with Crippen molar-refractivity contribution >= 4 is 0 Å². The van der Waals surface area contributed by atoms with Gasteiger partial charge in [-0.1, -0.05) is 37.6 Å². The SMILES string of the molecule is CCCNCc1cccc(CN2CCCC3CCCC32)c1. The van der Waals surface area contributed by atoms with Crippen LogP contribution in [0.5, 0.6) is 0 Å². The number of likely N-dealkylation sites (tertiary alicyclic amines) is 1. The van der Waals surface area contributed by atoms with E-state index in [1.165, 1.54) is 56.2 Å². The smallest absolute Gasteiger partial charge is 0.0236 e. The molecule has 1 aliphatic heterocycles. The van der Waals surface area contributed by atoms with Gasteiger partial charge in [0.05, 0.1) is 0 Å². The van der Waals surface area contributed by atoms with E-state index in [4.69, 9.17) is 0 Å². The normalized spacial score (nSPS) is 26.0. The van der Waals surface area contributed by atoms with Gasteiger partial charge in [0.15, 0.2) is 0 Å². The second-order valence-corrected chi connectivity index (χ2v) is 6.87. The van der Waals surface area contributed by atoms with E-state index in [0.717, 1.165) is 31.6 Å². The van der Waals surface area contributed by atoms with Crippen LogP contribution in [0.4, 0.5) is 0 Å². The van der Waals surface area contributed by atoms with Crippen LogP contribution in [0, 0.1) is 5.92 Å². The van der Waals surface area contributed by atoms with Crippen LogP contribution >= 0.6 is 0 Å². The molecule has 1 saturated carbocycles. The average molecular weight is 286 g/mol. The Balaban J connectivity index is 1.60. The summed E-state index contributed by atoms with van der Waals surface area (Å²) in [6, 6.07) is 10.1. The number of nitrogens with zero attached hydrogens (tertiary/aromatic N) is 1. The van der Waals surface area contributed by atoms with Gasteiger partial charge in [0.1, 0.15) is 0 Å². The highest BCUT2D eigenvalue weighted by Crippen LogP contribution is 2.37. The maximum atomic E-state index is 3.51. The first-order chi connectivity index (χ1) is 10.4. The van der Waals surface area contributed by atoms with Gasteiger partial charge in [-0.3, -0.25) is 4.90 Å². The summed E-state index contributed by atoms with van der Waals surface area (Å²) in [5.41, 5.74) is 2.93. The lowest BCUT2D eigenvalue weighted by atomic mass is 9.91. The fourth-order valence-electron chi connectivity index (χ4n) is 4.24. The van der Waals surface area contributed by atoms with Gasteiger partial charge in [0.2, 0.25) is 0 Å². The Kier molecular flexibility index (Phi) is 5.32. The third-order valence-corrected chi connectivity index (χ3v) is 5.24. The molecule has 1 saturated heterocycles. The van der Waals surface area contributed by atoms with Gasteiger partial charge in [0.25, 0.3) is 0 Å². The highest BCUT2D eigenvalue weighted by molar-refractivity contribution is 5.23. The van der Waals surface area contributed by atoms with Crippen LogP contribution in [-0.4, -0.2) is 24.0 Å².